The van der Waals surface area contributed by atoms with Crippen molar-refractivity contribution in [3.63, 3.8) is 0 Å². The minimum Gasteiger partial charge on any atom is -0.391 e. The maximum atomic E-state index is 10.6. The van der Waals surface area contributed by atoms with Crippen molar-refractivity contribution in [3.05, 3.63) is 74.8 Å². The lowest BCUT2D eigenvalue weighted by molar-refractivity contribution is -0.384. The van der Waals surface area contributed by atoms with Gasteiger partial charge in [0.1, 0.15) is 6.61 Å². The van der Waals surface area contributed by atoms with Crippen LogP contribution in [0.25, 0.3) is 0 Å². The van der Waals surface area contributed by atoms with Crippen molar-refractivity contribution in [2.45, 2.75) is 6.61 Å². The number of non-ortho nitro benzene ring substituents is 1. The SMILES string of the molecule is O=[N+]([O-])c1cccc(CO/N=C\c2ccc(Cl)cc2)c1. The lowest BCUT2D eigenvalue weighted by atomic mass is 10.2. The molecule has 0 aliphatic carbocycles. The molecule has 0 radical (unpaired) electrons. The van der Waals surface area contributed by atoms with Gasteiger partial charge in [0.15, 0.2) is 0 Å². The van der Waals surface area contributed by atoms with E-state index in [1.807, 2.05) is 12.1 Å². The number of oxime groups is 1. The van der Waals surface area contributed by atoms with Gasteiger partial charge in [-0.25, -0.2) is 0 Å². The summed E-state index contributed by atoms with van der Waals surface area (Å²) < 4.78 is 0. The van der Waals surface area contributed by atoms with Gasteiger partial charge in [-0.15, -0.1) is 0 Å². The van der Waals surface area contributed by atoms with E-state index >= 15 is 0 Å². The molecule has 102 valence electrons. The fraction of sp³-hybridized carbons (Fsp3) is 0.0714. The topological polar surface area (TPSA) is 64.7 Å². The summed E-state index contributed by atoms with van der Waals surface area (Å²) in [5.74, 6) is 0. The van der Waals surface area contributed by atoms with E-state index in [2.05, 4.69) is 5.16 Å². The molecule has 0 N–H and O–H groups in total. The van der Waals surface area contributed by atoms with Crippen LogP contribution in [0.1, 0.15) is 11.1 Å². The summed E-state index contributed by atoms with van der Waals surface area (Å²) in [6, 6.07) is 13.4. The van der Waals surface area contributed by atoms with Crippen LogP contribution in [0.5, 0.6) is 0 Å². The summed E-state index contributed by atoms with van der Waals surface area (Å²) in [7, 11) is 0. The lowest BCUT2D eigenvalue weighted by Gasteiger charge is -1.99. The van der Waals surface area contributed by atoms with E-state index in [1.54, 1.807) is 30.5 Å². The molecule has 0 bridgehead atoms. The van der Waals surface area contributed by atoms with Crippen LogP contribution < -0.4 is 0 Å². The van der Waals surface area contributed by atoms with Crippen LogP contribution >= 0.6 is 11.6 Å². The Kier molecular flexibility index (Phi) is 4.68. The summed E-state index contributed by atoms with van der Waals surface area (Å²) in [5.41, 5.74) is 1.58. The van der Waals surface area contributed by atoms with Gasteiger partial charge in [-0.2, -0.15) is 0 Å². The van der Waals surface area contributed by atoms with Gasteiger partial charge in [0.2, 0.25) is 0 Å². The Balaban J connectivity index is 1.91. The van der Waals surface area contributed by atoms with Crippen LogP contribution in [0.3, 0.4) is 0 Å². The first-order valence-corrected chi connectivity index (χ1v) is 6.17. The highest BCUT2D eigenvalue weighted by atomic mass is 35.5. The molecule has 0 amide bonds. The van der Waals surface area contributed by atoms with Crippen LogP contribution in [0.2, 0.25) is 5.02 Å². The van der Waals surface area contributed by atoms with Gasteiger partial charge in [0.25, 0.3) is 5.69 Å². The molecule has 2 aromatic carbocycles. The molecule has 2 rings (SSSR count). The lowest BCUT2D eigenvalue weighted by Crippen LogP contribution is -1.92. The number of halogens is 1. The van der Waals surface area contributed by atoms with Crippen LogP contribution in [0, 0.1) is 10.1 Å². The monoisotopic (exact) mass is 290 g/mol. The third kappa shape index (κ3) is 4.07. The molecule has 0 fully saturated rings. The number of benzene rings is 2. The first-order valence-electron chi connectivity index (χ1n) is 5.79. The first-order chi connectivity index (χ1) is 9.65. The zero-order valence-corrected chi connectivity index (χ0v) is 11.2. The average molecular weight is 291 g/mol. The molecule has 0 heterocycles. The van der Waals surface area contributed by atoms with Gasteiger partial charge in [-0.1, -0.05) is 41.0 Å². The zero-order chi connectivity index (χ0) is 14.4. The van der Waals surface area contributed by atoms with Crippen molar-refractivity contribution < 1.29 is 9.76 Å². The van der Waals surface area contributed by atoms with E-state index in [-0.39, 0.29) is 12.3 Å². The molecule has 0 spiro atoms. The first kappa shape index (κ1) is 14.0. The molecule has 0 saturated heterocycles. The number of rotatable bonds is 5. The number of hydrogen-bond acceptors (Lipinski definition) is 4. The van der Waals surface area contributed by atoms with Crippen molar-refractivity contribution in [2.75, 3.05) is 0 Å². The number of hydrogen-bond donors (Lipinski definition) is 0. The summed E-state index contributed by atoms with van der Waals surface area (Å²) >= 11 is 5.76. The molecule has 0 aromatic heterocycles. The van der Waals surface area contributed by atoms with Crippen LogP contribution in [-0.2, 0) is 11.4 Å². The van der Waals surface area contributed by atoms with E-state index in [1.165, 1.54) is 12.1 Å². The fourth-order valence-corrected chi connectivity index (χ4v) is 1.64. The van der Waals surface area contributed by atoms with Crippen LogP contribution in [0.15, 0.2) is 53.7 Å². The standard InChI is InChI=1S/C14H11ClN2O3/c15-13-6-4-11(5-7-13)9-16-20-10-12-2-1-3-14(8-12)17(18)19/h1-9H,10H2/b16-9-. The second-order valence-electron chi connectivity index (χ2n) is 3.99. The van der Waals surface area contributed by atoms with Crippen LogP contribution in [0.4, 0.5) is 5.69 Å². The molecule has 0 saturated carbocycles. The van der Waals surface area contributed by atoms with E-state index in [0.29, 0.717) is 10.6 Å². The summed E-state index contributed by atoms with van der Waals surface area (Å²) in [6.07, 6.45) is 1.55. The average Bonchev–Trinajstić information content (AvgIpc) is 2.46. The van der Waals surface area contributed by atoms with E-state index in [9.17, 15) is 10.1 Å². The molecule has 5 nitrogen and oxygen atoms in total. The van der Waals surface area contributed by atoms with Crippen molar-refractivity contribution >= 4 is 23.5 Å². The fourth-order valence-electron chi connectivity index (χ4n) is 1.52. The Bertz CT molecular complexity index is 627. The maximum Gasteiger partial charge on any atom is 0.269 e. The quantitative estimate of drug-likeness (QED) is 0.478. The predicted molar refractivity (Wildman–Crippen MR) is 76.9 cm³/mol. The van der Waals surface area contributed by atoms with Gasteiger partial charge >= 0.3 is 0 Å². The summed E-state index contributed by atoms with van der Waals surface area (Å²) in [4.78, 5) is 15.3. The Morgan fingerprint density at radius 2 is 2.00 bits per heavy atom. The third-order valence-electron chi connectivity index (χ3n) is 2.50. The highest BCUT2D eigenvalue weighted by Gasteiger charge is 2.05. The molecule has 2 aromatic rings. The molecule has 20 heavy (non-hydrogen) atoms. The Morgan fingerprint density at radius 3 is 2.70 bits per heavy atom. The maximum absolute atomic E-state index is 10.6. The second kappa shape index (κ2) is 6.68. The minimum atomic E-state index is -0.444. The van der Waals surface area contributed by atoms with E-state index in [4.69, 9.17) is 16.4 Å². The molecule has 0 aliphatic rings. The van der Waals surface area contributed by atoms with Gasteiger partial charge in [-0.3, -0.25) is 10.1 Å². The zero-order valence-electron chi connectivity index (χ0n) is 10.4. The molecular weight excluding hydrogens is 280 g/mol. The van der Waals surface area contributed by atoms with Gasteiger partial charge in [-0.05, 0) is 23.3 Å². The molecule has 0 atom stereocenters. The predicted octanol–water partition coefficient (Wildman–Crippen LogP) is 3.80. The number of nitro groups is 1. The number of nitrogens with zero attached hydrogens (tertiary/aromatic N) is 2. The van der Waals surface area contributed by atoms with Gasteiger partial charge in [0.05, 0.1) is 11.1 Å². The van der Waals surface area contributed by atoms with Crippen molar-refractivity contribution in [1.82, 2.24) is 0 Å². The molecule has 0 unspecified atom stereocenters. The Hall–Kier alpha value is -2.40. The van der Waals surface area contributed by atoms with Gasteiger partial charge in [0, 0.05) is 17.2 Å². The smallest absolute Gasteiger partial charge is 0.269 e. The minimum absolute atomic E-state index is 0.0350. The Morgan fingerprint density at radius 1 is 1.25 bits per heavy atom. The summed E-state index contributed by atoms with van der Waals surface area (Å²) in [6.45, 7) is 0.172. The molecular formula is C14H11ClN2O3. The third-order valence-corrected chi connectivity index (χ3v) is 2.75. The van der Waals surface area contributed by atoms with Crippen molar-refractivity contribution in [1.29, 1.82) is 0 Å². The summed E-state index contributed by atoms with van der Waals surface area (Å²) in [5, 5.41) is 15.1. The second-order valence-corrected chi connectivity index (χ2v) is 4.42. The van der Waals surface area contributed by atoms with Crippen molar-refractivity contribution in [3.8, 4) is 0 Å². The van der Waals surface area contributed by atoms with E-state index in [0.717, 1.165) is 5.56 Å². The number of nitro benzene ring substituents is 1. The van der Waals surface area contributed by atoms with Crippen molar-refractivity contribution in [2.24, 2.45) is 5.16 Å². The normalized spacial score (nSPS) is 10.7. The highest BCUT2D eigenvalue weighted by Crippen LogP contribution is 2.14. The highest BCUT2D eigenvalue weighted by molar-refractivity contribution is 6.30. The molecule has 6 heteroatoms. The molecule has 0 aliphatic heterocycles. The Labute approximate surface area is 120 Å². The van der Waals surface area contributed by atoms with Gasteiger partial charge < -0.3 is 4.84 Å². The van der Waals surface area contributed by atoms with Crippen LogP contribution in [-0.4, -0.2) is 11.1 Å². The van der Waals surface area contributed by atoms with E-state index < -0.39 is 4.92 Å². The largest absolute Gasteiger partial charge is 0.391 e.